The maximum Gasteiger partial charge on any atom is 0.228 e. The lowest BCUT2D eigenvalue weighted by Gasteiger charge is -2.16. The lowest BCUT2D eigenvalue weighted by Crippen LogP contribution is -2.28. The van der Waals surface area contributed by atoms with Crippen LogP contribution in [0.3, 0.4) is 0 Å². The highest BCUT2D eigenvalue weighted by molar-refractivity contribution is 7.89. The molecule has 7 nitrogen and oxygen atoms in total. The highest BCUT2D eigenvalue weighted by Gasteiger charge is 2.34. The first kappa shape index (κ1) is 12.8. The molecule has 1 aliphatic rings. The van der Waals surface area contributed by atoms with Gasteiger partial charge in [0, 0.05) is 25.1 Å². The molecule has 1 aromatic rings. The van der Waals surface area contributed by atoms with Crippen LogP contribution in [0.15, 0.2) is 18.3 Å². The van der Waals surface area contributed by atoms with E-state index >= 15 is 0 Å². The number of nitrogens with two attached hydrogens (primary N) is 2. The Kier molecular flexibility index (Phi) is 3.22. The number of carbonyl (C=O) groups is 1. The molecule has 1 saturated heterocycles. The van der Waals surface area contributed by atoms with Crippen LogP contribution in [0.25, 0.3) is 0 Å². The van der Waals surface area contributed by atoms with Crippen molar-refractivity contribution >= 4 is 27.4 Å². The average Bonchev–Trinajstić information content (AvgIpc) is 2.57. The molecule has 2 heterocycles. The fourth-order valence-electron chi connectivity index (χ4n) is 2.06. The number of nitrogen functional groups attached to an aromatic ring is 1. The molecular weight excluding hydrogens is 256 g/mol. The zero-order chi connectivity index (χ0) is 13.3. The molecule has 98 valence electrons. The Hall–Kier alpha value is -1.67. The Labute approximate surface area is 105 Å². The van der Waals surface area contributed by atoms with Crippen molar-refractivity contribution in [1.82, 2.24) is 4.98 Å². The van der Waals surface area contributed by atoms with Crippen LogP contribution in [0.5, 0.6) is 0 Å². The maximum absolute atomic E-state index is 11.8. The molecule has 0 aliphatic carbocycles. The number of pyridine rings is 1. The van der Waals surface area contributed by atoms with Crippen molar-refractivity contribution in [2.75, 3.05) is 22.9 Å². The quantitative estimate of drug-likeness (QED) is 0.753. The van der Waals surface area contributed by atoms with Crippen LogP contribution in [0.2, 0.25) is 0 Å². The van der Waals surface area contributed by atoms with Crippen molar-refractivity contribution in [1.29, 1.82) is 0 Å². The first-order valence-electron chi connectivity index (χ1n) is 5.38. The third-order valence-corrected chi connectivity index (χ3v) is 3.68. The summed E-state index contributed by atoms with van der Waals surface area (Å²) in [7, 11) is -3.58. The van der Waals surface area contributed by atoms with Crippen molar-refractivity contribution in [3.05, 3.63) is 18.3 Å². The molecule has 1 atom stereocenters. The molecule has 18 heavy (non-hydrogen) atoms. The second-order valence-electron chi connectivity index (χ2n) is 4.32. The van der Waals surface area contributed by atoms with E-state index in [1.54, 1.807) is 12.1 Å². The van der Waals surface area contributed by atoms with Gasteiger partial charge in [0.1, 0.15) is 0 Å². The Morgan fingerprint density at radius 1 is 1.50 bits per heavy atom. The fraction of sp³-hybridized carbons (Fsp3) is 0.400. The van der Waals surface area contributed by atoms with Crippen molar-refractivity contribution in [3.63, 3.8) is 0 Å². The van der Waals surface area contributed by atoms with Gasteiger partial charge >= 0.3 is 0 Å². The van der Waals surface area contributed by atoms with Crippen molar-refractivity contribution < 1.29 is 13.2 Å². The van der Waals surface area contributed by atoms with Crippen LogP contribution >= 0.6 is 0 Å². The van der Waals surface area contributed by atoms with Crippen LogP contribution in [0, 0.1) is 5.92 Å². The van der Waals surface area contributed by atoms with E-state index in [2.05, 4.69) is 4.98 Å². The third kappa shape index (κ3) is 2.77. The van der Waals surface area contributed by atoms with Gasteiger partial charge in [0.15, 0.2) is 5.82 Å². The number of nitrogens with zero attached hydrogens (tertiary/aromatic N) is 2. The second-order valence-corrected chi connectivity index (χ2v) is 5.98. The zero-order valence-corrected chi connectivity index (χ0v) is 10.4. The Morgan fingerprint density at radius 3 is 2.83 bits per heavy atom. The molecule has 1 aromatic heterocycles. The van der Waals surface area contributed by atoms with Gasteiger partial charge in [0.25, 0.3) is 0 Å². The summed E-state index contributed by atoms with van der Waals surface area (Å²) in [4.78, 5) is 17.3. The SMILES string of the molecule is Nc1cccnc1N1CC(CS(N)(=O)=O)CC1=O. The standard InChI is InChI=1S/C10H14N4O3S/c11-8-2-1-3-13-10(8)14-5-7(4-9(14)15)6-18(12,16)17/h1-3,7H,4-6,11H2,(H2,12,16,17). The molecule has 0 saturated carbocycles. The van der Waals surface area contributed by atoms with E-state index in [-0.39, 0.29) is 30.5 Å². The molecule has 8 heteroatoms. The highest BCUT2D eigenvalue weighted by atomic mass is 32.2. The highest BCUT2D eigenvalue weighted by Crippen LogP contribution is 2.27. The molecule has 0 radical (unpaired) electrons. The monoisotopic (exact) mass is 270 g/mol. The van der Waals surface area contributed by atoms with Crippen LogP contribution in [-0.2, 0) is 14.8 Å². The van der Waals surface area contributed by atoms with E-state index in [1.807, 2.05) is 0 Å². The van der Waals surface area contributed by atoms with E-state index in [0.717, 1.165) is 0 Å². The molecular formula is C10H14N4O3S. The molecule has 4 N–H and O–H groups in total. The normalized spacial score (nSPS) is 20.4. The van der Waals surface area contributed by atoms with Crippen molar-refractivity contribution in [2.24, 2.45) is 11.1 Å². The molecule has 1 amide bonds. The number of amides is 1. The summed E-state index contributed by atoms with van der Waals surface area (Å²) in [6.07, 6.45) is 1.68. The summed E-state index contributed by atoms with van der Waals surface area (Å²) in [5, 5.41) is 4.98. The van der Waals surface area contributed by atoms with E-state index in [1.165, 1.54) is 11.1 Å². The average molecular weight is 270 g/mol. The first-order valence-corrected chi connectivity index (χ1v) is 7.09. The number of carbonyl (C=O) groups excluding carboxylic acids is 1. The van der Waals surface area contributed by atoms with Gasteiger partial charge in [-0.1, -0.05) is 0 Å². The van der Waals surface area contributed by atoms with E-state index in [9.17, 15) is 13.2 Å². The Balaban J connectivity index is 2.18. The van der Waals surface area contributed by atoms with Crippen LogP contribution in [0.4, 0.5) is 11.5 Å². The predicted octanol–water partition coefficient (Wildman–Crippen LogP) is -0.695. The summed E-state index contributed by atoms with van der Waals surface area (Å²) < 4.78 is 22.0. The smallest absolute Gasteiger partial charge is 0.228 e. The summed E-state index contributed by atoms with van der Waals surface area (Å²) in [5.74, 6) is -0.329. The van der Waals surface area contributed by atoms with Crippen molar-refractivity contribution in [3.8, 4) is 0 Å². The Bertz CT molecular complexity index is 572. The largest absolute Gasteiger partial charge is 0.396 e. The number of primary sulfonamides is 1. The first-order chi connectivity index (χ1) is 8.37. The Morgan fingerprint density at radius 2 is 2.22 bits per heavy atom. The fourth-order valence-corrected chi connectivity index (χ4v) is 2.94. The molecule has 2 rings (SSSR count). The lowest BCUT2D eigenvalue weighted by molar-refractivity contribution is -0.117. The predicted molar refractivity (Wildman–Crippen MR) is 67.1 cm³/mol. The molecule has 1 unspecified atom stereocenters. The lowest BCUT2D eigenvalue weighted by atomic mass is 10.1. The zero-order valence-electron chi connectivity index (χ0n) is 9.61. The number of hydrogen-bond acceptors (Lipinski definition) is 5. The van der Waals surface area contributed by atoms with Crippen LogP contribution in [0.1, 0.15) is 6.42 Å². The van der Waals surface area contributed by atoms with E-state index in [4.69, 9.17) is 10.9 Å². The van der Waals surface area contributed by atoms with E-state index in [0.29, 0.717) is 11.5 Å². The maximum atomic E-state index is 11.8. The van der Waals surface area contributed by atoms with Gasteiger partial charge in [-0.3, -0.25) is 9.69 Å². The number of anilines is 2. The summed E-state index contributed by atoms with van der Waals surface area (Å²) in [6, 6.07) is 3.31. The van der Waals surface area contributed by atoms with Crippen LogP contribution < -0.4 is 15.8 Å². The van der Waals surface area contributed by atoms with Gasteiger partial charge in [0.2, 0.25) is 15.9 Å². The molecule has 0 spiro atoms. The number of sulfonamides is 1. The minimum absolute atomic E-state index is 0.145. The summed E-state index contributed by atoms with van der Waals surface area (Å²) >= 11 is 0. The van der Waals surface area contributed by atoms with Gasteiger partial charge in [-0.25, -0.2) is 18.5 Å². The molecule has 1 fully saturated rings. The second kappa shape index (κ2) is 4.54. The van der Waals surface area contributed by atoms with E-state index < -0.39 is 10.0 Å². The van der Waals surface area contributed by atoms with Crippen molar-refractivity contribution in [2.45, 2.75) is 6.42 Å². The van der Waals surface area contributed by atoms with Gasteiger partial charge in [0.05, 0.1) is 11.4 Å². The van der Waals surface area contributed by atoms with Gasteiger partial charge < -0.3 is 5.73 Å². The summed E-state index contributed by atoms with van der Waals surface area (Å²) in [5.41, 5.74) is 6.13. The number of aromatic nitrogens is 1. The molecule has 1 aliphatic heterocycles. The van der Waals surface area contributed by atoms with Gasteiger partial charge in [-0.15, -0.1) is 0 Å². The summed E-state index contributed by atoms with van der Waals surface area (Å²) in [6.45, 7) is 0.274. The van der Waals surface area contributed by atoms with Gasteiger partial charge in [-0.2, -0.15) is 0 Å². The molecule has 0 bridgehead atoms. The van der Waals surface area contributed by atoms with Gasteiger partial charge in [-0.05, 0) is 12.1 Å². The number of hydrogen-bond donors (Lipinski definition) is 2. The van der Waals surface area contributed by atoms with Crippen LogP contribution in [-0.4, -0.2) is 31.6 Å². The minimum atomic E-state index is -3.58. The minimum Gasteiger partial charge on any atom is -0.396 e. The number of rotatable bonds is 3. The third-order valence-electron chi connectivity index (χ3n) is 2.75. The molecule has 0 aromatic carbocycles. The topological polar surface area (TPSA) is 119 Å².